The molecule has 0 aliphatic heterocycles. The van der Waals surface area contributed by atoms with Gasteiger partial charge in [-0.05, 0) is 17.7 Å². The first-order chi connectivity index (χ1) is 8.38. The van der Waals surface area contributed by atoms with Crippen LogP contribution in [0.15, 0.2) is 53.1 Å². The summed E-state index contributed by atoms with van der Waals surface area (Å²) >= 11 is 3.44. The van der Waals surface area contributed by atoms with Crippen molar-refractivity contribution < 1.29 is 4.52 Å². The van der Waals surface area contributed by atoms with E-state index in [2.05, 4.69) is 33.2 Å². The predicted molar refractivity (Wildman–Crippen MR) is 72.1 cm³/mol. The predicted octanol–water partition coefficient (Wildman–Crippen LogP) is 4.39. The van der Waals surface area contributed by atoms with E-state index in [0.29, 0.717) is 0 Å². The number of hydrogen-bond donors (Lipinski definition) is 0. The van der Waals surface area contributed by atoms with Gasteiger partial charge in [0.1, 0.15) is 5.52 Å². The van der Waals surface area contributed by atoms with Gasteiger partial charge in [-0.3, -0.25) is 0 Å². The number of hydrogen-bond acceptors (Lipinski definition) is 2. The van der Waals surface area contributed by atoms with Crippen molar-refractivity contribution in [1.29, 1.82) is 0 Å². The van der Waals surface area contributed by atoms with Gasteiger partial charge in [-0.2, -0.15) is 0 Å². The third-order valence-electron chi connectivity index (χ3n) is 2.73. The molecule has 0 unspecified atom stereocenters. The first-order valence-electron chi connectivity index (χ1n) is 5.38. The molecule has 0 aliphatic carbocycles. The van der Waals surface area contributed by atoms with Crippen molar-refractivity contribution in [2.45, 2.75) is 5.33 Å². The van der Waals surface area contributed by atoms with Crippen LogP contribution in [0.1, 0.15) is 5.56 Å². The lowest BCUT2D eigenvalue weighted by Gasteiger charge is -1.96. The van der Waals surface area contributed by atoms with E-state index >= 15 is 0 Å². The maximum Gasteiger partial charge on any atom is 0.174 e. The van der Waals surface area contributed by atoms with Crippen molar-refractivity contribution in [2.75, 3.05) is 0 Å². The normalized spacial score (nSPS) is 10.9. The summed E-state index contributed by atoms with van der Waals surface area (Å²) in [6.45, 7) is 0. The molecule has 0 spiro atoms. The van der Waals surface area contributed by atoms with E-state index in [-0.39, 0.29) is 0 Å². The van der Waals surface area contributed by atoms with Gasteiger partial charge in [0, 0.05) is 16.3 Å². The van der Waals surface area contributed by atoms with Crippen molar-refractivity contribution in [1.82, 2.24) is 5.16 Å². The molecular formula is C14H10BrNO. The van der Waals surface area contributed by atoms with Gasteiger partial charge >= 0.3 is 0 Å². The molecule has 0 atom stereocenters. The summed E-state index contributed by atoms with van der Waals surface area (Å²) in [5.74, 6) is 0.835. The Labute approximate surface area is 107 Å². The maximum atomic E-state index is 5.44. The molecule has 0 saturated heterocycles. The molecule has 0 saturated carbocycles. The Morgan fingerprint density at radius 3 is 2.65 bits per heavy atom. The zero-order valence-electron chi connectivity index (χ0n) is 9.06. The second-order valence-corrected chi connectivity index (χ2v) is 4.42. The summed E-state index contributed by atoms with van der Waals surface area (Å²) < 4.78 is 5.44. The minimum atomic E-state index is 0.830. The van der Waals surface area contributed by atoms with Gasteiger partial charge in [0.25, 0.3) is 0 Å². The first-order valence-corrected chi connectivity index (χ1v) is 6.50. The molecule has 3 heteroatoms. The van der Waals surface area contributed by atoms with E-state index in [4.69, 9.17) is 4.52 Å². The van der Waals surface area contributed by atoms with Gasteiger partial charge < -0.3 is 4.52 Å². The van der Waals surface area contributed by atoms with Gasteiger partial charge in [-0.1, -0.05) is 57.5 Å². The minimum absolute atomic E-state index is 0.830. The van der Waals surface area contributed by atoms with Crippen molar-refractivity contribution >= 4 is 26.8 Å². The second-order valence-electron chi connectivity index (χ2n) is 3.86. The molecule has 2 nitrogen and oxygen atoms in total. The van der Waals surface area contributed by atoms with Crippen LogP contribution in [0.2, 0.25) is 0 Å². The van der Waals surface area contributed by atoms with Crippen LogP contribution in [-0.4, -0.2) is 5.16 Å². The number of rotatable bonds is 2. The summed E-state index contributed by atoms with van der Waals surface area (Å²) in [4.78, 5) is 0. The average Bonchev–Trinajstić information content (AvgIpc) is 2.82. The molecule has 0 fully saturated rings. The molecule has 2 aromatic carbocycles. The molecule has 3 aromatic rings. The van der Waals surface area contributed by atoms with E-state index in [9.17, 15) is 0 Å². The summed E-state index contributed by atoms with van der Waals surface area (Å²) in [5, 5.41) is 5.99. The van der Waals surface area contributed by atoms with E-state index in [1.54, 1.807) is 0 Å². The van der Waals surface area contributed by atoms with Crippen LogP contribution in [-0.2, 0) is 5.33 Å². The zero-order chi connectivity index (χ0) is 11.7. The highest BCUT2D eigenvalue weighted by Crippen LogP contribution is 2.29. The Balaban J connectivity index is 2.19. The van der Waals surface area contributed by atoms with Crippen LogP contribution in [0.3, 0.4) is 0 Å². The lowest BCUT2D eigenvalue weighted by Crippen LogP contribution is -1.78. The molecule has 0 bridgehead atoms. The Bertz CT molecular complexity index is 646. The molecule has 0 N–H and O–H groups in total. The van der Waals surface area contributed by atoms with Crippen molar-refractivity contribution in [3.05, 3.63) is 54.1 Å². The van der Waals surface area contributed by atoms with Gasteiger partial charge in [-0.15, -0.1) is 0 Å². The van der Waals surface area contributed by atoms with Crippen molar-refractivity contribution in [2.24, 2.45) is 0 Å². The smallest absolute Gasteiger partial charge is 0.174 e. The zero-order valence-corrected chi connectivity index (χ0v) is 10.6. The molecule has 0 radical (unpaired) electrons. The Morgan fingerprint density at radius 1 is 1.06 bits per heavy atom. The topological polar surface area (TPSA) is 26.0 Å². The third kappa shape index (κ3) is 1.87. The Hall–Kier alpha value is -1.61. The molecule has 17 heavy (non-hydrogen) atoms. The molecule has 0 aliphatic rings. The number of benzene rings is 2. The van der Waals surface area contributed by atoms with Crippen LogP contribution in [0, 0.1) is 0 Å². The number of aromatic nitrogens is 1. The van der Waals surface area contributed by atoms with E-state index in [0.717, 1.165) is 27.6 Å². The largest absolute Gasteiger partial charge is 0.355 e. The Kier molecular flexibility index (Phi) is 2.69. The van der Waals surface area contributed by atoms with E-state index in [1.807, 2.05) is 36.4 Å². The maximum absolute atomic E-state index is 5.44. The summed E-state index contributed by atoms with van der Waals surface area (Å²) in [6.07, 6.45) is 0. The van der Waals surface area contributed by atoms with Gasteiger partial charge in [0.15, 0.2) is 5.76 Å². The highest BCUT2D eigenvalue weighted by atomic mass is 79.9. The molecular weight excluding hydrogens is 278 g/mol. The SMILES string of the molecule is BrCc1ccc2c(-c3ccccc3)onc2c1. The van der Waals surface area contributed by atoms with E-state index < -0.39 is 0 Å². The Morgan fingerprint density at radius 2 is 1.88 bits per heavy atom. The fraction of sp³-hybridized carbons (Fsp3) is 0.0714. The average molecular weight is 288 g/mol. The molecule has 84 valence electrons. The van der Waals surface area contributed by atoms with Crippen LogP contribution in [0.4, 0.5) is 0 Å². The van der Waals surface area contributed by atoms with Gasteiger partial charge in [0.2, 0.25) is 0 Å². The summed E-state index contributed by atoms with van der Waals surface area (Å²) in [5.41, 5.74) is 3.16. The summed E-state index contributed by atoms with van der Waals surface area (Å²) in [7, 11) is 0. The van der Waals surface area contributed by atoms with Gasteiger partial charge in [-0.25, -0.2) is 0 Å². The molecule has 1 heterocycles. The standard InChI is InChI=1S/C14H10BrNO/c15-9-10-6-7-12-13(8-10)16-17-14(12)11-4-2-1-3-5-11/h1-8H,9H2. The minimum Gasteiger partial charge on any atom is -0.355 e. The third-order valence-corrected chi connectivity index (χ3v) is 3.38. The van der Waals surface area contributed by atoms with Crippen LogP contribution < -0.4 is 0 Å². The van der Waals surface area contributed by atoms with Crippen molar-refractivity contribution in [3.63, 3.8) is 0 Å². The van der Waals surface area contributed by atoms with Crippen molar-refractivity contribution in [3.8, 4) is 11.3 Å². The van der Waals surface area contributed by atoms with E-state index in [1.165, 1.54) is 5.56 Å². The highest BCUT2D eigenvalue weighted by molar-refractivity contribution is 9.08. The van der Waals surface area contributed by atoms with Crippen LogP contribution in [0.25, 0.3) is 22.2 Å². The summed E-state index contributed by atoms with van der Waals surface area (Å²) in [6, 6.07) is 16.2. The molecule has 3 rings (SSSR count). The van der Waals surface area contributed by atoms with Crippen LogP contribution in [0.5, 0.6) is 0 Å². The number of fused-ring (bicyclic) bond motifs is 1. The molecule has 1 aromatic heterocycles. The highest BCUT2D eigenvalue weighted by Gasteiger charge is 2.10. The monoisotopic (exact) mass is 287 g/mol. The molecule has 0 amide bonds. The fourth-order valence-electron chi connectivity index (χ4n) is 1.87. The number of nitrogens with zero attached hydrogens (tertiary/aromatic N) is 1. The van der Waals surface area contributed by atoms with Gasteiger partial charge in [0.05, 0.1) is 0 Å². The van der Waals surface area contributed by atoms with Crippen LogP contribution >= 0.6 is 15.9 Å². The lowest BCUT2D eigenvalue weighted by atomic mass is 10.1. The fourth-order valence-corrected chi connectivity index (χ4v) is 2.22. The number of alkyl halides is 1. The lowest BCUT2D eigenvalue weighted by molar-refractivity contribution is 0.441. The quantitative estimate of drug-likeness (QED) is 0.654. The number of halogens is 1. The first kappa shape index (κ1) is 10.5. The second kappa shape index (κ2) is 4.34.